The average Bonchev–Trinajstić information content (AvgIpc) is 3.23. The van der Waals surface area contributed by atoms with E-state index in [0.29, 0.717) is 30.6 Å². The number of ketones is 1. The summed E-state index contributed by atoms with van der Waals surface area (Å²) in [5.41, 5.74) is 1.20. The third kappa shape index (κ3) is 2.63. The largest absolute Gasteiger partial charge is 0.393 e. The average molecular weight is 439 g/mol. The van der Waals surface area contributed by atoms with Gasteiger partial charge in [-0.3, -0.25) is 14.4 Å². The molecule has 6 rings (SSSR count). The van der Waals surface area contributed by atoms with Gasteiger partial charge in [0.15, 0.2) is 5.78 Å². The van der Waals surface area contributed by atoms with Gasteiger partial charge >= 0.3 is 11.9 Å². The Bertz CT molecular complexity index is 948. The molecule has 5 heteroatoms. The quantitative estimate of drug-likeness (QED) is 0.380. The first-order valence-corrected chi connectivity index (χ1v) is 12.6. The van der Waals surface area contributed by atoms with Gasteiger partial charge in [0.25, 0.3) is 0 Å². The summed E-state index contributed by atoms with van der Waals surface area (Å²) in [7, 11) is 0. The summed E-state index contributed by atoms with van der Waals surface area (Å²) in [5, 5.41) is 10.9. The molecule has 1 heterocycles. The minimum atomic E-state index is -0.401. The zero-order valence-corrected chi connectivity index (χ0v) is 19.1. The molecule has 0 aromatic heterocycles. The highest BCUT2D eigenvalue weighted by molar-refractivity contribution is 5.97. The Morgan fingerprint density at radius 2 is 1.84 bits per heavy atom. The van der Waals surface area contributed by atoms with Gasteiger partial charge in [-0.15, -0.1) is 0 Å². The minimum absolute atomic E-state index is 0.0216. The van der Waals surface area contributed by atoms with Gasteiger partial charge in [-0.2, -0.15) is 0 Å². The van der Waals surface area contributed by atoms with Crippen LogP contribution in [-0.4, -0.2) is 28.9 Å². The molecule has 1 N–H and O–H groups in total. The Balaban J connectivity index is 1.47. The first-order valence-electron chi connectivity index (χ1n) is 12.6. The highest BCUT2D eigenvalue weighted by Crippen LogP contribution is 2.68. The Labute approximate surface area is 189 Å². The molecule has 0 spiro atoms. The third-order valence-electron chi connectivity index (χ3n) is 10.9. The van der Waals surface area contributed by atoms with Crippen LogP contribution in [0.25, 0.3) is 0 Å². The van der Waals surface area contributed by atoms with Crippen molar-refractivity contribution in [2.24, 2.45) is 52.3 Å². The van der Waals surface area contributed by atoms with Crippen molar-refractivity contribution in [1.29, 1.82) is 0 Å². The van der Waals surface area contributed by atoms with Crippen LogP contribution in [0.5, 0.6) is 0 Å². The van der Waals surface area contributed by atoms with E-state index >= 15 is 0 Å². The van der Waals surface area contributed by atoms with Crippen LogP contribution in [0, 0.1) is 52.3 Å². The molecular formula is C27H34O5. The highest BCUT2D eigenvalue weighted by atomic mass is 16.6. The van der Waals surface area contributed by atoms with Crippen LogP contribution in [-0.2, 0) is 19.1 Å². The third-order valence-corrected chi connectivity index (χ3v) is 10.9. The second kappa shape index (κ2) is 6.88. The number of allylic oxidation sites excluding steroid dienone is 3. The van der Waals surface area contributed by atoms with E-state index in [1.807, 2.05) is 6.08 Å². The van der Waals surface area contributed by atoms with Crippen molar-refractivity contribution in [3.05, 3.63) is 23.8 Å². The maximum atomic E-state index is 12.8. The van der Waals surface area contributed by atoms with Crippen LogP contribution < -0.4 is 0 Å². The topological polar surface area (TPSA) is 80.7 Å². The molecule has 4 fully saturated rings. The Hall–Kier alpha value is -1.75. The van der Waals surface area contributed by atoms with Gasteiger partial charge < -0.3 is 9.84 Å². The molecule has 1 aliphatic heterocycles. The van der Waals surface area contributed by atoms with Crippen molar-refractivity contribution in [3.8, 4) is 0 Å². The second-order valence-electron chi connectivity index (χ2n) is 12.0. The normalized spacial score (nSPS) is 52.0. The van der Waals surface area contributed by atoms with Gasteiger partial charge in [-0.25, -0.2) is 0 Å². The summed E-state index contributed by atoms with van der Waals surface area (Å²) in [6, 6.07) is 0. The lowest BCUT2D eigenvalue weighted by Crippen LogP contribution is -2.56. The molecule has 5 aliphatic carbocycles. The van der Waals surface area contributed by atoms with Gasteiger partial charge in [0.1, 0.15) is 0 Å². The fourth-order valence-electron chi connectivity index (χ4n) is 9.11. The SMILES string of the molecule is C[C@]12CC[C@H]3[C@@H](C([C@H]4C=CC[C@H]5C(=O)OC(=O)[C@@H]45)CC4=CC(=O)CC[C@@]43C)[C@@H]1CC[C@@H]2O. The van der Waals surface area contributed by atoms with Crippen LogP contribution in [0.1, 0.15) is 65.2 Å². The predicted molar refractivity (Wildman–Crippen MR) is 117 cm³/mol. The summed E-state index contributed by atoms with van der Waals surface area (Å²) in [6.45, 7) is 4.63. The zero-order valence-electron chi connectivity index (χ0n) is 19.1. The van der Waals surface area contributed by atoms with Crippen LogP contribution in [0.4, 0.5) is 0 Å². The molecule has 1 saturated heterocycles. The van der Waals surface area contributed by atoms with E-state index in [9.17, 15) is 19.5 Å². The number of carbonyl (C=O) groups excluding carboxylic acids is 3. The molecule has 0 amide bonds. The Morgan fingerprint density at radius 3 is 2.66 bits per heavy atom. The Morgan fingerprint density at radius 1 is 1.03 bits per heavy atom. The molecule has 5 nitrogen and oxygen atoms in total. The number of hydrogen-bond donors (Lipinski definition) is 1. The van der Waals surface area contributed by atoms with Crippen molar-refractivity contribution in [1.82, 2.24) is 0 Å². The van der Waals surface area contributed by atoms with E-state index < -0.39 is 5.92 Å². The monoisotopic (exact) mass is 438 g/mol. The number of cyclic esters (lactones) is 2. The van der Waals surface area contributed by atoms with E-state index in [-0.39, 0.29) is 52.4 Å². The van der Waals surface area contributed by atoms with E-state index in [0.717, 1.165) is 38.5 Å². The fraction of sp³-hybridized carbons (Fsp3) is 0.741. The molecule has 172 valence electrons. The molecule has 0 radical (unpaired) electrons. The van der Waals surface area contributed by atoms with Crippen LogP contribution in [0.3, 0.4) is 0 Å². The molecule has 0 aromatic rings. The van der Waals surface area contributed by atoms with Gasteiger partial charge in [-0.05, 0) is 91.4 Å². The molecule has 6 aliphatic rings. The van der Waals surface area contributed by atoms with Crippen LogP contribution in [0.2, 0.25) is 0 Å². The summed E-state index contributed by atoms with van der Waals surface area (Å²) >= 11 is 0. The lowest BCUT2D eigenvalue weighted by molar-refractivity contribution is -0.154. The van der Waals surface area contributed by atoms with Crippen molar-refractivity contribution in [3.63, 3.8) is 0 Å². The van der Waals surface area contributed by atoms with Gasteiger partial charge in [0.05, 0.1) is 17.9 Å². The van der Waals surface area contributed by atoms with Gasteiger partial charge in [0.2, 0.25) is 0 Å². The molecule has 3 saturated carbocycles. The van der Waals surface area contributed by atoms with Crippen molar-refractivity contribution < 1.29 is 24.2 Å². The first kappa shape index (κ1) is 20.8. The summed E-state index contributed by atoms with van der Waals surface area (Å²) in [5.74, 6) is 0.131. The first-order chi connectivity index (χ1) is 15.2. The molecule has 1 unspecified atom stereocenters. The summed E-state index contributed by atoms with van der Waals surface area (Å²) < 4.78 is 5.11. The van der Waals surface area contributed by atoms with Gasteiger partial charge in [-0.1, -0.05) is 31.6 Å². The molecule has 0 bridgehead atoms. The van der Waals surface area contributed by atoms with E-state index in [1.54, 1.807) is 0 Å². The smallest absolute Gasteiger partial charge is 0.318 e. The van der Waals surface area contributed by atoms with Crippen LogP contribution >= 0.6 is 0 Å². The maximum Gasteiger partial charge on any atom is 0.318 e. The number of fused-ring (bicyclic) bond motifs is 6. The summed E-state index contributed by atoms with van der Waals surface area (Å²) in [4.78, 5) is 37.6. The number of rotatable bonds is 1. The second-order valence-corrected chi connectivity index (χ2v) is 12.0. The predicted octanol–water partition coefficient (Wildman–Crippen LogP) is 4.00. The number of esters is 2. The standard InChI is InChI=1S/C27H34O5/c1-26-10-8-15(28)12-14(26)13-18(16-4-3-5-17-22(16)25(31)32-24(17)30)23-19-6-7-21(29)27(19,2)11-9-20(23)26/h3-4,12,16-23,29H,5-11,13H2,1-2H3/t16-,17-,18?,19+,20+,21+,22+,23+,26+,27+/m1/s1. The number of aliphatic hydroxyl groups excluding tert-OH is 1. The highest BCUT2D eigenvalue weighted by Gasteiger charge is 2.63. The minimum Gasteiger partial charge on any atom is -0.393 e. The zero-order chi connectivity index (χ0) is 22.4. The lowest BCUT2D eigenvalue weighted by atomic mass is 9.43. The van der Waals surface area contributed by atoms with Gasteiger partial charge in [0, 0.05) is 6.42 Å². The summed E-state index contributed by atoms with van der Waals surface area (Å²) in [6.07, 6.45) is 12.8. The molecular weight excluding hydrogens is 404 g/mol. The molecule has 10 atom stereocenters. The number of aliphatic hydroxyl groups is 1. The molecule has 0 aromatic carbocycles. The Kier molecular flexibility index (Phi) is 4.48. The molecule has 32 heavy (non-hydrogen) atoms. The fourth-order valence-corrected chi connectivity index (χ4v) is 9.11. The van der Waals surface area contributed by atoms with Crippen LogP contribution in [0.15, 0.2) is 23.8 Å². The lowest BCUT2D eigenvalue weighted by Gasteiger charge is -2.61. The number of ether oxygens (including phenoxy) is 1. The van der Waals surface area contributed by atoms with E-state index in [4.69, 9.17) is 4.74 Å². The van der Waals surface area contributed by atoms with E-state index in [1.165, 1.54) is 5.57 Å². The van der Waals surface area contributed by atoms with E-state index in [2.05, 4.69) is 26.0 Å². The van der Waals surface area contributed by atoms with Crippen molar-refractivity contribution >= 4 is 17.7 Å². The van der Waals surface area contributed by atoms with Crippen molar-refractivity contribution in [2.75, 3.05) is 0 Å². The number of hydrogen-bond acceptors (Lipinski definition) is 5. The maximum absolute atomic E-state index is 12.8. The number of carbonyl (C=O) groups is 3. The van der Waals surface area contributed by atoms with Crippen molar-refractivity contribution in [2.45, 2.75) is 71.3 Å².